The van der Waals surface area contributed by atoms with Crippen molar-refractivity contribution in [3.63, 3.8) is 0 Å². The van der Waals surface area contributed by atoms with Crippen molar-refractivity contribution in [3.8, 4) is 5.75 Å². The number of nitrogens with zero attached hydrogens (tertiary/aromatic N) is 1. The maximum absolute atomic E-state index is 12.2. The monoisotopic (exact) mass is 308 g/mol. The third kappa shape index (κ3) is 2.95. The predicted octanol–water partition coefficient (Wildman–Crippen LogP) is 3.47. The minimum Gasteiger partial charge on any atom is -0.494 e. The van der Waals surface area contributed by atoms with Crippen LogP contribution in [-0.2, 0) is 9.53 Å². The van der Waals surface area contributed by atoms with E-state index in [1.165, 1.54) is 7.11 Å². The topological polar surface area (TPSA) is 56.2 Å². The van der Waals surface area contributed by atoms with Gasteiger partial charge in [-0.2, -0.15) is 0 Å². The highest BCUT2D eigenvalue weighted by molar-refractivity contribution is 7.71. The predicted molar refractivity (Wildman–Crippen MR) is 84.2 cm³/mol. The van der Waals surface area contributed by atoms with Crippen LogP contribution in [0.4, 0.5) is 0 Å². The number of H-pyrrole nitrogens is 1. The number of rotatable bonds is 5. The number of para-hydroxylation sites is 1. The second-order valence-electron chi connectivity index (χ2n) is 5.32. The fourth-order valence-electron chi connectivity index (χ4n) is 2.49. The molecule has 1 aromatic carbocycles. The zero-order chi connectivity index (χ0) is 15.6. The molecule has 2 aromatic rings. The van der Waals surface area contributed by atoms with Crippen LogP contribution >= 0.6 is 12.2 Å². The highest BCUT2D eigenvalue weighted by Gasteiger charge is 2.25. The van der Waals surface area contributed by atoms with Gasteiger partial charge in [0.05, 0.1) is 19.7 Å². The number of imidazole rings is 1. The van der Waals surface area contributed by atoms with E-state index in [0.29, 0.717) is 22.9 Å². The van der Waals surface area contributed by atoms with Crippen LogP contribution in [0.2, 0.25) is 0 Å². The number of ether oxygens (including phenoxy) is 2. The van der Waals surface area contributed by atoms with Crippen LogP contribution in [0.3, 0.4) is 0 Å². The van der Waals surface area contributed by atoms with Crippen molar-refractivity contribution < 1.29 is 14.3 Å². The van der Waals surface area contributed by atoms with Crippen molar-refractivity contribution in [3.05, 3.63) is 23.0 Å². The summed E-state index contributed by atoms with van der Waals surface area (Å²) in [5.41, 5.74) is 1.64. The summed E-state index contributed by atoms with van der Waals surface area (Å²) < 4.78 is 12.6. The third-order valence-corrected chi connectivity index (χ3v) is 3.71. The molecule has 5 nitrogen and oxygen atoms in total. The average Bonchev–Trinajstić information content (AvgIpc) is 2.79. The number of aromatic nitrogens is 2. The zero-order valence-corrected chi connectivity index (χ0v) is 13.5. The summed E-state index contributed by atoms with van der Waals surface area (Å²) in [5, 5.41) is 0. The lowest BCUT2D eigenvalue weighted by Crippen LogP contribution is -2.22. The first-order valence-corrected chi connectivity index (χ1v) is 7.25. The van der Waals surface area contributed by atoms with Crippen molar-refractivity contribution >= 4 is 29.2 Å². The lowest BCUT2D eigenvalue weighted by Gasteiger charge is -2.19. The Morgan fingerprint density at radius 2 is 2.10 bits per heavy atom. The van der Waals surface area contributed by atoms with Gasteiger partial charge in [-0.15, -0.1) is 0 Å². The fraction of sp³-hybridized carbons (Fsp3) is 0.467. The molecule has 0 aliphatic heterocycles. The first-order chi connectivity index (χ1) is 9.99. The minimum atomic E-state index is -0.441. The van der Waals surface area contributed by atoms with Gasteiger partial charge in [0.1, 0.15) is 17.3 Å². The number of hydrogen-bond acceptors (Lipinski definition) is 4. The number of methoxy groups -OCH3 is 2. The Morgan fingerprint density at radius 1 is 1.38 bits per heavy atom. The highest BCUT2D eigenvalue weighted by Crippen LogP contribution is 2.29. The van der Waals surface area contributed by atoms with Gasteiger partial charge in [0, 0.05) is 0 Å². The summed E-state index contributed by atoms with van der Waals surface area (Å²) in [6.07, 6.45) is 0.658. The molecular formula is C15H20N2O3S. The van der Waals surface area contributed by atoms with Crippen LogP contribution in [-0.4, -0.2) is 29.7 Å². The van der Waals surface area contributed by atoms with E-state index in [9.17, 15) is 4.79 Å². The van der Waals surface area contributed by atoms with Gasteiger partial charge in [0.2, 0.25) is 0 Å². The number of aromatic amines is 1. The van der Waals surface area contributed by atoms with Gasteiger partial charge in [0.25, 0.3) is 0 Å². The molecule has 1 heterocycles. The summed E-state index contributed by atoms with van der Waals surface area (Å²) in [4.78, 5) is 15.3. The second-order valence-corrected chi connectivity index (χ2v) is 5.71. The van der Waals surface area contributed by atoms with E-state index in [1.54, 1.807) is 7.11 Å². The molecule has 0 aliphatic rings. The van der Waals surface area contributed by atoms with E-state index in [4.69, 9.17) is 21.7 Å². The summed E-state index contributed by atoms with van der Waals surface area (Å²) in [7, 11) is 3.00. The number of nitrogens with one attached hydrogen (secondary N) is 1. The number of hydrogen-bond donors (Lipinski definition) is 1. The number of fused-ring (bicyclic) bond motifs is 1. The van der Waals surface area contributed by atoms with Gasteiger partial charge >= 0.3 is 5.97 Å². The van der Waals surface area contributed by atoms with Crippen molar-refractivity contribution in [2.45, 2.75) is 26.3 Å². The smallest absolute Gasteiger partial charge is 0.328 e. The van der Waals surface area contributed by atoms with Crippen LogP contribution in [0.25, 0.3) is 11.0 Å². The van der Waals surface area contributed by atoms with E-state index in [2.05, 4.69) is 18.8 Å². The molecular weight excluding hydrogens is 288 g/mol. The third-order valence-electron chi connectivity index (χ3n) is 3.41. The van der Waals surface area contributed by atoms with E-state index in [-0.39, 0.29) is 5.97 Å². The number of esters is 1. The molecule has 0 bridgehead atoms. The molecule has 0 radical (unpaired) electrons. The van der Waals surface area contributed by atoms with Crippen molar-refractivity contribution in [2.75, 3.05) is 14.2 Å². The fourth-order valence-corrected chi connectivity index (χ4v) is 2.82. The Morgan fingerprint density at radius 3 is 2.67 bits per heavy atom. The van der Waals surface area contributed by atoms with Crippen LogP contribution in [0.1, 0.15) is 26.3 Å². The molecule has 0 aliphatic carbocycles. The number of carbonyl (C=O) groups is 1. The normalized spacial score (nSPS) is 12.6. The Kier molecular flexibility index (Phi) is 4.67. The first kappa shape index (κ1) is 15.6. The molecule has 1 N–H and O–H groups in total. The minimum absolute atomic E-state index is 0.288. The molecule has 1 atom stereocenters. The Bertz CT molecular complexity index is 702. The standard InChI is InChI=1S/C15H20N2O3S/c1-9(2)8-11(14(18)20-4)17-10-6-5-7-12(19-3)13(10)16-15(17)21/h5-7,9,11H,8H2,1-4H3,(H,16,21). The molecule has 114 valence electrons. The molecule has 0 amide bonds. The first-order valence-electron chi connectivity index (χ1n) is 6.84. The van der Waals surface area contributed by atoms with Crippen LogP contribution < -0.4 is 4.74 Å². The lowest BCUT2D eigenvalue weighted by atomic mass is 10.0. The van der Waals surface area contributed by atoms with Gasteiger partial charge in [-0.05, 0) is 36.7 Å². The van der Waals surface area contributed by atoms with E-state index >= 15 is 0 Å². The summed E-state index contributed by atoms with van der Waals surface area (Å²) in [5.74, 6) is 0.751. The van der Waals surface area contributed by atoms with Gasteiger partial charge in [-0.25, -0.2) is 4.79 Å². The van der Waals surface area contributed by atoms with Crippen LogP contribution in [0.15, 0.2) is 18.2 Å². The van der Waals surface area contributed by atoms with Gasteiger partial charge in [-0.1, -0.05) is 19.9 Å². The quantitative estimate of drug-likeness (QED) is 0.679. The molecule has 0 saturated heterocycles. The molecule has 1 aromatic heterocycles. The van der Waals surface area contributed by atoms with Crippen molar-refractivity contribution in [1.82, 2.24) is 9.55 Å². The number of benzene rings is 1. The number of carbonyl (C=O) groups excluding carboxylic acids is 1. The average molecular weight is 308 g/mol. The highest BCUT2D eigenvalue weighted by atomic mass is 32.1. The molecule has 21 heavy (non-hydrogen) atoms. The molecule has 2 rings (SSSR count). The molecule has 0 saturated carbocycles. The van der Waals surface area contributed by atoms with Crippen molar-refractivity contribution in [1.29, 1.82) is 0 Å². The maximum Gasteiger partial charge on any atom is 0.328 e. The SMILES string of the molecule is COC(=O)C(CC(C)C)n1c(=S)[nH]c2c(OC)cccc21. The summed E-state index contributed by atoms with van der Waals surface area (Å²) in [6, 6.07) is 5.21. The van der Waals surface area contributed by atoms with Gasteiger partial charge in [0.15, 0.2) is 4.77 Å². The zero-order valence-electron chi connectivity index (χ0n) is 12.7. The molecule has 0 fully saturated rings. The van der Waals surface area contributed by atoms with E-state index in [1.807, 2.05) is 22.8 Å². The molecule has 6 heteroatoms. The lowest BCUT2D eigenvalue weighted by molar-refractivity contribution is -0.145. The van der Waals surface area contributed by atoms with E-state index < -0.39 is 6.04 Å². The Hall–Kier alpha value is -1.82. The molecule has 1 unspecified atom stereocenters. The van der Waals surface area contributed by atoms with Crippen LogP contribution in [0, 0.1) is 10.7 Å². The van der Waals surface area contributed by atoms with Gasteiger partial charge in [-0.3, -0.25) is 0 Å². The van der Waals surface area contributed by atoms with Crippen molar-refractivity contribution in [2.24, 2.45) is 5.92 Å². The Labute approximate surface area is 128 Å². The largest absolute Gasteiger partial charge is 0.494 e. The Balaban J connectivity index is 2.65. The molecule has 0 spiro atoms. The second kappa shape index (κ2) is 6.30. The van der Waals surface area contributed by atoms with Crippen LogP contribution in [0.5, 0.6) is 5.75 Å². The van der Waals surface area contributed by atoms with Gasteiger partial charge < -0.3 is 19.0 Å². The summed E-state index contributed by atoms with van der Waals surface area (Å²) >= 11 is 5.40. The maximum atomic E-state index is 12.2. The van der Waals surface area contributed by atoms with E-state index in [0.717, 1.165) is 11.0 Å². The summed E-state index contributed by atoms with van der Waals surface area (Å²) in [6.45, 7) is 4.13.